The van der Waals surface area contributed by atoms with Crippen molar-refractivity contribution in [1.82, 2.24) is 5.43 Å². The summed E-state index contributed by atoms with van der Waals surface area (Å²) in [6.45, 7) is 2.58. The summed E-state index contributed by atoms with van der Waals surface area (Å²) in [5.41, 5.74) is 6.67. The zero-order valence-electron chi connectivity index (χ0n) is 16.6. The van der Waals surface area contributed by atoms with E-state index in [1.807, 2.05) is 48.5 Å². The number of ether oxygens (including phenoxy) is 2. The second kappa shape index (κ2) is 10.1. The number of methoxy groups -OCH3 is 1. The molecule has 3 aromatic rings. The number of nitrogens with one attached hydrogen (secondary N) is 1. The third-order valence-corrected chi connectivity index (χ3v) is 4.33. The van der Waals surface area contributed by atoms with Gasteiger partial charge in [-0.3, -0.25) is 4.79 Å². The van der Waals surface area contributed by atoms with Crippen LogP contribution in [0.25, 0.3) is 0 Å². The fourth-order valence-corrected chi connectivity index (χ4v) is 2.65. The van der Waals surface area contributed by atoms with Crippen LogP contribution in [0.4, 0.5) is 0 Å². The molecule has 1 N–H and O–H groups in total. The van der Waals surface area contributed by atoms with Gasteiger partial charge in [0.1, 0.15) is 18.1 Å². The van der Waals surface area contributed by atoms with Crippen LogP contribution in [0.1, 0.15) is 22.3 Å². The van der Waals surface area contributed by atoms with Gasteiger partial charge >= 0.3 is 0 Å². The summed E-state index contributed by atoms with van der Waals surface area (Å²) in [5, 5.41) is 4.01. The first kappa shape index (κ1) is 20.1. The molecule has 0 bridgehead atoms. The highest BCUT2D eigenvalue weighted by Gasteiger charge is 2.02. The SMILES string of the molecule is COc1ccc(CC(=O)N/N=C/c2ccc(OCc3ccc(C)cc3)cc2)cc1. The first-order chi connectivity index (χ1) is 14.1. The zero-order chi connectivity index (χ0) is 20.5. The van der Waals surface area contributed by atoms with Gasteiger partial charge in [-0.1, -0.05) is 42.0 Å². The van der Waals surface area contributed by atoms with E-state index < -0.39 is 0 Å². The minimum absolute atomic E-state index is 0.176. The summed E-state index contributed by atoms with van der Waals surface area (Å²) in [7, 11) is 1.61. The molecule has 0 saturated heterocycles. The molecular weight excluding hydrogens is 364 g/mol. The van der Waals surface area contributed by atoms with Gasteiger partial charge in [-0.25, -0.2) is 5.43 Å². The molecule has 0 heterocycles. The number of hydrazone groups is 1. The number of hydrogen-bond acceptors (Lipinski definition) is 4. The predicted molar refractivity (Wildman–Crippen MR) is 114 cm³/mol. The third-order valence-electron chi connectivity index (χ3n) is 4.33. The fourth-order valence-electron chi connectivity index (χ4n) is 2.65. The van der Waals surface area contributed by atoms with E-state index in [0.717, 1.165) is 28.2 Å². The van der Waals surface area contributed by atoms with Crippen LogP contribution in [0.15, 0.2) is 77.9 Å². The summed E-state index contributed by atoms with van der Waals surface area (Å²) in [6.07, 6.45) is 1.86. The third kappa shape index (κ3) is 6.50. The topological polar surface area (TPSA) is 59.9 Å². The number of hydrogen-bond donors (Lipinski definition) is 1. The fraction of sp³-hybridized carbons (Fsp3) is 0.167. The molecule has 0 spiro atoms. The summed E-state index contributed by atoms with van der Waals surface area (Å²) < 4.78 is 10.9. The van der Waals surface area contributed by atoms with Gasteiger partial charge in [0.25, 0.3) is 0 Å². The highest BCUT2D eigenvalue weighted by molar-refractivity contribution is 5.83. The van der Waals surface area contributed by atoms with Crippen LogP contribution in [0.2, 0.25) is 0 Å². The first-order valence-electron chi connectivity index (χ1n) is 9.35. The summed E-state index contributed by atoms with van der Waals surface area (Å²) >= 11 is 0. The number of carbonyl (C=O) groups is 1. The second-order valence-corrected chi connectivity index (χ2v) is 6.66. The van der Waals surface area contributed by atoms with Gasteiger partial charge < -0.3 is 9.47 Å². The van der Waals surface area contributed by atoms with Crippen LogP contribution in [0, 0.1) is 6.92 Å². The number of benzene rings is 3. The molecular formula is C24H24N2O3. The van der Waals surface area contributed by atoms with Crippen LogP contribution in [0.3, 0.4) is 0 Å². The van der Waals surface area contributed by atoms with E-state index >= 15 is 0 Å². The lowest BCUT2D eigenvalue weighted by Gasteiger charge is -2.07. The van der Waals surface area contributed by atoms with Crippen LogP contribution >= 0.6 is 0 Å². The van der Waals surface area contributed by atoms with Crippen molar-refractivity contribution in [2.75, 3.05) is 7.11 Å². The molecule has 0 aliphatic rings. The normalized spacial score (nSPS) is 10.7. The van der Waals surface area contributed by atoms with E-state index in [2.05, 4.69) is 41.7 Å². The summed E-state index contributed by atoms with van der Waals surface area (Å²) in [5.74, 6) is 1.37. The second-order valence-electron chi connectivity index (χ2n) is 6.66. The smallest absolute Gasteiger partial charge is 0.244 e. The van der Waals surface area contributed by atoms with Crippen molar-refractivity contribution in [3.8, 4) is 11.5 Å². The average molecular weight is 388 g/mol. The van der Waals surface area contributed by atoms with Crippen LogP contribution in [0.5, 0.6) is 11.5 Å². The van der Waals surface area contributed by atoms with Crippen molar-refractivity contribution in [3.05, 3.63) is 95.1 Å². The molecule has 0 aliphatic carbocycles. The molecule has 5 nitrogen and oxygen atoms in total. The summed E-state index contributed by atoms with van der Waals surface area (Å²) in [6, 6.07) is 23.2. The Balaban J connectivity index is 1.45. The molecule has 0 saturated carbocycles. The maximum atomic E-state index is 12.0. The molecule has 1 amide bonds. The number of amides is 1. The van der Waals surface area contributed by atoms with Gasteiger partial charge in [0.2, 0.25) is 5.91 Å². The average Bonchev–Trinajstić information content (AvgIpc) is 2.75. The van der Waals surface area contributed by atoms with E-state index in [4.69, 9.17) is 9.47 Å². The number of carbonyl (C=O) groups excluding carboxylic acids is 1. The van der Waals surface area contributed by atoms with Crippen LogP contribution in [-0.4, -0.2) is 19.2 Å². The monoisotopic (exact) mass is 388 g/mol. The molecule has 3 rings (SSSR count). The summed E-state index contributed by atoms with van der Waals surface area (Å²) in [4.78, 5) is 12.0. The highest BCUT2D eigenvalue weighted by Crippen LogP contribution is 2.14. The zero-order valence-corrected chi connectivity index (χ0v) is 16.6. The van der Waals surface area contributed by atoms with Crippen molar-refractivity contribution in [2.45, 2.75) is 20.0 Å². The van der Waals surface area contributed by atoms with E-state index in [1.165, 1.54) is 5.56 Å². The lowest BCUT2D eigenvalue weighted by atomic mass is 10.1. The Morgan fingerprint density at radius 2 is 1.52 bits per heavy atom. The highest BCUT2D eigenvalue weighted by atomic mass is 16.5. The van der Waals surface area contributed by atoms with Gasteiger partial charge in [0.15, 0.2) is 0 Å². The number of nitrogens with zero attached hydrogens (tertiary/aromatic N) is 1. The lowest BCUT2D eigenvalue weighted by Crippen LogP contribution is -2.19. The molecule has 0 radical (unpaired) electrons. The molecule has 0 unspecified atom stereocenters. The molecule has 0 fully saturated rings. The predicted octanol–water partition coefficient (Wildman–Crippen LogP) is 4.28. The van der Waals surface area contributed by atoms with Crippen molar-refractivity contribution in [1.29, 1.82) is 0 Å². The first-order valence-corrected chi connectivity index (χ1v) is 9.35. The maximum Gasteiger partial charge on any atom is 0.244 e. The molecule has 0 aromatic heterocycles. The Labute approximate surface area is 171 Å². The Hall–Kier alpha value is -3.60. The molecule has 0 aliphatic heterocycles. The van der Waals surface area contributed by atoms with E-state index in [9.17, 15) is 4.79 Å². The van der Waals surface area contributed by atoms with Gasteiger partial charge in [0.05, 0.1) is 19.7 Å². The molecule has 5 heteroatoms. The number of aryl methyl sites for hydroxylation is 1. The standard InChI is InChI=1S/C24H24N2O3/c1-18-3-5-21(6-4-18)17-29-23-13-9-20(10-14-23)16-25-26-24(27)15-19-7-11-22(28-2)12-8-19/h3-14,16H,15,17H2,1-2H3,(H,26,27)/b25-16+. The van der Waals surface area contributed by atoms with E-state index in [0.29, 0.717) is 6.61 Å². The minimum atomic E-state index is -0.176. The molecule has 148 valence electrons. The quantitative estimate of drug-likeness (QED) is 0.463. The minimum Gasteiger partial charge on any atom is -0.497 e. The Morgan fingerprint density at radius 1 is 0.897 bits per heavy atom. The van der Waals surface area contributed by atoms with Gasteiger partial charge in [0, 0.05) is 0 Å². The van der Waals surface area contributed by atoms with Gasteiger partial charge in [-0.2, -0.15) is 5.10 Å². The van der Waals surface area contributed by atoms with Crippen molar-refractivity contribution in [2.24, 2.45) is 5.10 Å². The molecule has 3 aromatic carbocycles. The molecule has 29 heavy (non-hydrogen) atoms. The van der Waals surface area contributed by atoms with Crippen molar-refractivity contribution < 1.29 is 14.3 Å². The van der Waals surface area contributed by atoms with Gasteiger partial charge in [-0.05, 0) is 60.0 Å². The van der Waals surface area contributed by atoms with Crippen LogP contribution < -0.4 is 14.9 Å². The maximum absolute atomic E-state index is 12.0. The largest absolute Gasteiger partial charge is 0.497 e. The van der Waals surface area contributed by atoms with E-state index in [-0.39, 0.29) is 12.3 Å². The van der Waals surface area contributed by atoms with Gasteiger partial charge in [-0.15, -0.1) is 0 Å². The Kier molecular flexibility index (Phi) is 7.00. The lowest BCUT2D eigenvalue weighted by molar-refractivity contribution is -0.120. The Morgan fingerprint density at radius 3 is 2.17 bits per heavy atom. The van der Waals surface area contributed by atoms with Crippen molar-refractivity contribution in [3.63, 3.8) is 0 Å². The van der Waals surface area contributed by atoms with E-state index in [1.54, 1.807) is 13.3 Å². The van der Waals surface area contributed by atoms with Crippen LogP contribution in [-0.2, 0) is 17.8 Å². The Bertz CT molecular complexity index is 947. The van der Waals surface area contributed by atoms with Crippen molar-refractivity contribution >= 4 is 12.1 Å². The molecule has 0 atom stereocenters. The number of rotatable bonds is 8.